The van der Waals surface area contributed by atoms with Gasteiger partial charge in [0.25, 0.3) is 0 Å². The summed E-state index contributed by atoms with van der Waals surface area (Å²) in [5, 5.41) is 3.29. The van der Waals surface area contributed by atoms with Gasteiger partial charge in [0.2, 0.25) is 10.0 Å². The van der Waals surface area contributed by atoms with E-state index in [1.807, 2.05) is 18.2 Å². The van der Waals surface area contributed by atoms with Crippen LogP contribution in [0, 0.1) is 0 Å². The Morgan fingerprint density at radius 1 is 1.21 bits per heavy atom. The predicted molar refractivity (Wildman–Crippen MR) is 93.8 cm³/mol. The number of aromatic nitrogens is 1. The number of pyridine rings is 1. The molecule has 1 aliphatic heterocycles. The first-order valence-corrected chi connectivity index (χ1v) is 9.70. The third-order valence-corrected chi connectivity index (χ3v) is 6.77. The van der Waals surface area contributed by atoms with Gasteiger partial charge in [0.15, 0.2) is 0 Å². The fourth-order valence-electron chi connectivity index (χ4n) is 2.69. The Balaban J connectivity index is 1.93. The van der Waals surface area contributed by atoms with Gasteiger partial charge in [0, 0.05) is 24.3 Å². The Morgan fingerprint density at radius 2 is 1.96 bits per heavy atom. The Bertz CT molecular complexity index is 801. The summed E-state index contributed by atoms with van der Waals surface area (Å²) in [5.74, 6) is 0. The van der Waals surface area contributed by atoms with E-state index in [1.54, 1.807) is 37.6 Å². The lowest BCUT2D eigenvalue weighted by atomic mass is 10.1. The Labute approximate surface area is 150 Å². The summed E-state index contributed by atoms with van der Waals surface area (Å²) < 4.78 is 33.4. The fraction of sp³-hybridized carbons (Fsp3) is 0.312. The fourth-order valence-corrected chi connectivity index (χ4v) is 5.10. The minimum Gasteiger partial charge on any atom is -0.365 e. The SMILES string of the molecule is COC1CN(S(=O)(=O)c2ccccc2Br)CC(c2ccccn2)N1. The van der Waals surface area contributed by atoms with Gasteiger partial charge in [-0.15, -0.1) is 0 Å². The van der Waals surface area contributed by atoms with Gasteiger partial charge in [-0.25, -0.2) is 8.42 Å². The number of halogens is 1. The third-order valence-electron chi connectivity index (χ3n) is 3.93. The lowest BCUT2D eigenvalue weighted by Crippen LogP contribution is -2.54. The lowest BCUT2D eigenvalue weighted by molar-refractivity contribution is 0.0213. The molecular formula is C16H18BrN3O3S. The van der Waals surface area contributed by atoms with Crippen molar-refractivity contribution in [2.24, 2.45) is 0 Å². The molecule has 8 heteroatoms. The molecule has 1 saturated heterocycles. The Hall–Kier alpha value is -1.32. The highest BCUT2D eigenvalue weighted by atomic mass is 79.9. The molecule has 0 amide bonds. The zero-order valence-corrected chi connectivity index (χ0v) is 15.5. The van der Waals surface area contributed by atoms with Crippen LogP contribution in [-0.2, 0) is 14.8 Å². The molecule has 3 rings (SSSR count). The molecule has 1 fully saturated rings. The van der Waals surface area contributed by atoms with Crippen molar-refractivity contribution in [3.05, 3.63) is 58.8 Å². The van der Waals surface area contributed by atoms with E-state index in [0.717, 1.165) is 5.69 Å². The molecule has 24 heavy (non-hydrogen) atoms. The van der Waals surface area contributed by atoms with Crippen LogP contribution in [0.4, 0.5) is 0 Å². The molecule has 128 valence electrons. The Kier molecular flexibility index (Phi) is 5.31. The number of piperazine rings is 1. The average Bonchev–Trinajstić information content (AvgIpc) is 2.62. The molecule has 2 heterocycles. The van der Waals surface area contributed by atoms with E-state index in [0.29, 0.717) is 11.0 Å². The highest BCUT2D eigenvalue weighted by molar-refractivity contribution is 9.10. The minimum absolute atomic E-state index is 0.234. The van der Waals surface area contributed by atoms with Gasteiger partial charge in [-0.1, -0.05) is 18.2 Å². The van der Waals surface area contributed by atoms with Crippen LogP contribution in [0.25, 0.3) is 0 Å². The number of rotatable bonds is 4. The number of hydrogen-bond donors (Lipinski definition) is 1. The maximum absolute atomic E-state index is 13.0. The van der Waals surface area contributed by atoms with E-state index in [9.17, 15) is 8.42 Å². The topological polar surface area (TPSA) is 71.5 Å². The number of nitrogens with zero attached hydrogens (tertiary/aromatic N) is 2. The summed E-state index contributed by atoms with van der Waals surface area (Å²) >= 11 is 3.33. The van der Waals surface area contributed by atoms with Gasteiger partial charge in [0.05, 0.1) is 23.2 Å². The van der Waals surface area contributed by atoms with Crippen LogP contribution in [-0.4, -0.2) is 44.1 Å². The molecule has 1 aromatic heterocycles. The normalized spacial score (nSPS) is 22.4. The van der Waals surface area contributed by atoms with E-state index in [-0.39, 0.29) is 17.5 Å². The number of benzene rings is 1. The van der Waals surface area contributed by atoms with Gasteiger partial charge in [-0.05, 0) is 40.2 Å². The third kappa shape index (κ3) is 3.52. The largest absolute Gasteiger partial charge is 0.365 e. The van der Waals surface area contributed by atoms with Gasteiger partial charge < -0.3 is 4.74 Å². The second-order valence-electron chi connectivity index (χ2n) is 5.45. The van der Waals surface area contributed by atoms with Crippen LogP contribution in [0.5, 0.6) is 0 Å². The maximum Gasteiger partial charge on any atom is 0.244 e. The molecule has 1 aliphatic rings. The number of methoxy groups -OCH3 is 1. The number of hydrogen-bond acceptors (Lipinski definition) is 5. The van der Waals surface area contributed by atoms with Gasteiger partial charge >= 0.3 is 0 Å². The first-order chi connectivity index (χ1) is 11.5. The van der Waals surface area contributed by atoms with Gasteiger partial charge in [-0.2, -0.15) is 4.31 Å². The van der Waals surface area contributed by atoms with E-state index < -0.39 is 16.3 Å². The zero-order valence-electron chi connectivity index (χ0n) is 13.1. The molecule has 1 aromatic carbocycles. The summed E-state index contributed by atoms with van der Waals surface area (Å²) in [6, 6.07) is 12.2. The minimum atomic E-state index is -3.64. The zero-order chi connectivity index (χ0) is 17.2. The summed E-state index contributed by atoms with van der Waals surface area (Å²) in [7, 11) is -2.08. The van der Waals surface area contributed by atoms with Crippen molar-refractivity contribution < 1.29 is 13.2 Å². The molecule has 0 aliphatic carbocycles. The van der Waals surface area contributed by atoms with Crippen LogP contribution >= 0.6 is 15.9 Å². The molecule has 2 unspecified atom stereocenters. The van der Waals surface area contributed by atoms with Crippen molar-refractivity contribution in [3.8, 4) is 0 Å². The highest BCUT2D eigenvalue weighted by Gasteiger charge is 2.36. The molecule has 0 saturated carbocycles. The van der Waals surface area contributed by atoms with E-state index >= 15 is 0 Å². The molecule has 6 nitrogen and oxygen atoms in total. The van der Waals surface area contributed by atoms with E-state index in [4.69, 9.17) is 4.74 Å². The number of ether oxygens (including phenoxy) is 1. The quantitative estimate of drug-likeness (QED) is 0.834. The highest BCUT2D eigenvalue weighted by Crippen LogP contribution is 2.28. The van der Waals surface area contributed by atoms with E-state index in [2.05, 4.69) is 26.2 Å². The summed E-state index contributed by atoms with van der Waals surface area (Å²) in [6.07, 6.45) is 1.29. The van der Waals surface area contributed by atoms with Crippen molar-refractivity contribution in [2.75, 3.05) is 20.2 Å². The average molecular weight is 412 g/mol. The van der Waals surface area contributed by atoms with Crippen molar-refractivity contribution >= 4 is 26.0 Å². The predicted octanol–water partition coefficient (Wildman–Crippen LogP) is 2.15. The van der Waals surface area contributed by atoms with Crippen LogP contribution < -0.4 is 5.32 Å². The molecule has 1 N–H and O–H groups in total. The molecule has 2 atom stereocenters. The van der Waals surface area contributed by atoms with Crippen molar-refractivity contribution in [3.63, 3.8) is 0 Å². The molecule has 0 bridgehead atoms. The van der Waals surface area contributed by atoms with Crippen LogP contribution in [0.2, 0.25) is 0 Å². The van der Waals surface area contributed by atoms with Crippen LogP contribution in [0.15, 0.2) is 58.0 Å². The Morgan fingerprint density at radius 3 is 2.62 bits per heavy atom. The van der Waals surface area contributed by atoms with Crippen molar-refractivity contribution in [1.29, 1.82) is 0 Å². The first kappa shape index (κ1) is 17.5. The second-order valence-corrected chi connectivity index (χ2v) is 8.21. The maximum atomic E-state index is 13.0. The molecule has 0 radical (unpaired) electrons. The van der Waals surface area contributed by atoms with Gasteiger partial charge in [0.1, 0.15) is 6.23 Å². The van der Waals surface area contributed by atoms with E-state index in [1.165, 1.54) is 4.31 Å². The van der Waals surface area contributed by atoms with Crippen LogP contribution in [0.1, 0.15) is 11.7 Å². The smallest absolute Gasteiger partial charge is 0.244 e. The standard InChI is InChI=1S/C16H18BrN3O3S/c1-23-16-11-20(10-14(19-16)13-7-4-5-9-18-13)24(21,22)15-8-3-2-6-12(15)17/h2-9,14,16,19H,10-11H2,1H3. The molecule has 2 aromatic rings. The lowest BCUT2D eigenvalue weighted by Gasteiger charge is -2.37. The van der Waals surface area contributed by atoms with Crippen molar-refractivity contribution in [2.45, 2.75) is 17.2 Å². The number of sulfonamides is 1. The molecule has 0 spiro atoms. The van der Waals surface area contributed by atoms with Crippen LogP contribution in [0.3, 0.4) is 0 Å². The first-order valence-electron chi connectivity index (χ1n) is 7.47. The summed E-state index contributed by atoms with van der Waals surface area (Å²) in [4.78, 5) is 4.58. The summed E-state index contributed by atoms with van der Waals surface area (Å²) in [6.45, 7) is 0.532. The van der Waals surface area contributed by atoms with Crippen molar-refractivity contribution in [1.82, 2.24) is 14.6 Å². The second kappa shape index (κ2) is 7.28. The monoisotopic (exact) mass is 411 g/mol. The summed E-state index contributed by atoms with van der Waals surface area (Å²) in [5.41, 5.74) is 0.784. The van der Waals surface area contributed by atoms with Gasteiger partial charge in [-0.3, -0.25) is 10.3 Å². The number of nitrogens with one attached hydrogen (secondary N) is 1. The molecular weight excluding hydrogens is 394 g/mol.